The SMILES string of the molecule is CCC(C)CCCCCCCCCCCCCCCCCCCCC(=O)O[C@H](COC(=O)CCCCCCCCCCCCCC(C)C)COP(=O)(O)OC[C@@H](O)COP(=O)(O)OC[C@@H](COC(=O)CCCCCCCCC(C)CC)OC(=O)CCCCCCCCCCCCCCCCC(C)C. The second kappa shape index (κ2) is 72.9. The molecule has 0 rings (SSSR count). The van der Waals surface area contributed by atoms with Gasteiger partial charge in [-0.1, -0.05) is 383 Å². The number of esters is 4. The van der Waals surface area contributed by atoms with E-state index in [1.807, 2.05) is 0 Å². The fraction of sp³-hybridized carbons (Fsp3) is 0.952. The lowest BCUT2D eigenvalue weighted by Gasteiger charge is -2.21. The van der Waals surface area contributed by atoms with E-state index in [0.29, 0.717) is 25.7 Å². The van der Waals surface area contributed by atoms with Gasteiger partial charge >= 0.3 is 39.5 Å². The van der Waals surface area contributed by atoms with Crippen LogP contribution in [0, 0.1) is 23.7 Å². The summed E-state index contributed by atoms with van der Waals surface area (Å²) >= 11 is 0. The van der Waals surface area contributed by atoms with Gasteiger partial charge in [0.25, 0.3) is 0 Å². The predicted molar refractivity (Wildman–Crippen MR) is 423 cm³/mol. The van der Waals surface area contributed by atoms with E-state index in [2.05, 4.69) is 55.4 Å². The van der Waals surface area contributed by atoms with Gasteiger partial charge in [-0.15, -0.1) is 0 Å². The number of aliphatic hydroxyl groups excluding tert-OH is 1. The topological polar surface area (TPSA) is 237 Å². The van der Waals surface area contributed by atoms with Crippen molar-refractivity contribution >= 4 is 39.5 Å². The summed E-state index contributed by atoms with van der Waals surface area (Å²) in [6, 6.07) is 0. The van der Waals surface area contributed by atoms with Crippen LogP contribution in [0.1, 0.15) is 434 Å². The molecule has 0 aromatic rings. The summed E-state index contributed by atoms with van der Waals surface area (Å²) in [6.07, 6.45) is 61.1. The summed E-state index contributed by atoms with van der Waals surface area (Å²) < 4.78 is 68.8. The standard InChI is InChI=1S/C84H164O17P2/c1-9-76(7)62-54-46-38-32-26-20-15-13-11-12-14-16-21-27-34-40-50-58-66-83(88)100-79(70-94-81(86)64-56-48-39-33-29-23-25-31-37-45-53-61-75(5)6)72-98-102(90,91)96-68-78(85)69-97-103(92,93)99-73-80(71-95-82(87)65-57-49-43-42-47-55-63-77(8)10-2)101-84(89)67-59-51-41-35-28-22-18-17-19-24-30-36-44-52-60-74(3)4/h74-80,85H,9-73H2,1-8H3,(H,90,91)(H,92,93)/t76?,77?,78-,79-,80-/m1/s1. The molecule has 0 aromatic heterocycles. The second-order valence-corrected chi connectivity index (χ2v) is 34.6. The Labute approximate surface area is 632 Å². The van der Waals surface area contributed by atoms with E-state index in [1.165, 1.54) is 231 Å². The molecule has 0 saturated heterocycles. The van der Waals surface area contributed by atoms with Crippen LogP contribution in [0.5, 0.6) is 0 Å². The zero-order valence-electron chi connectivity index (χ0n) is 68.0. The molecule has 0 aliphatic carbocycles. The molecule has 0 aromatic carbocycles. The maximum absolute atomic E-state index is 13.1. The van der Waals surface area contributed by atoms with Crippen molar-refractivity contribution in [2.45, 2.75) is 453 Å². The summed E-state index contributed by atoms with van der Waals surface area (Å²) in [5, 5.41) is 10.7. The van der Waals surface area contributed by atoms with Gasteiger partial charge < -0.3 is 33.8 Å². The molecule has 0 aliphatic heterocycles. The average molecular weight is 1510 g/mol. The van der Waals surface area contributed by atoms with E-state index in [4.69, 9.17) is 37.0 Å². The largest absolute Gasteiger partial charge is 0.472 e. The second-order valence-electron chi connectivity index (χ2n) is 31.7. The molecule has 7 atom stereocenters. The molecule has 17 nitrogen and oxygen atoms in total. The van der Waals surface area contributed by atoms with E-state index in [1.54, 1.807) is 0 Å². The molecule has 103 heavy (non-hydrogen) atoms. The highest BCUT2D eigenvalue weighted by Crippen LogP contribution is 2.45. The first-order chi connectivity index (χ1) is 49.7. The van der Waals surface area contributed by atoms with Crippen molar-refractivity contribution in [3.05, 3.63) is 0 Å². The molecule has 19 heteroatoms. The van der Waals surface area contributed by atoms with Crippen LogP contribution in [0.15, 0.2) is 0 Å². The van der Waals surface area contributed by atoms with Gasteiger partial charge in [-0.3, -0.25) is 37.3 Å². The minimum Gasteiger partial charge on any atom is -0.462 e. The molecule has 0 bridgehead atoms. The summed E-state index contributed by atoms with van der Waals surface area (Å²) in [6.45, 7) is 14.3. The fourth-order valence-corrected chi connectivity index (χ4v) is 14.5. The Morgan fingerprint density at radius 1 is 0.272 bits per heavy atom. The van der Waals surface area contributed by atoms with Crippen LogP contribution in [0.4, 0.5) is 0 Å². The van der Waals surface area contributed by atoms with Crippen molar-refractivity contribution in [2.24, 2.45) is 23.7 Å². The summed E-state index contributed by atoms with van der Waals surface area (Å²) in [7, 11) is -9.93. The maximum Gasteiger partial charge on any atom is 0.472 e. The maximum atomic E-state index is 13.1. The Kier molecular flexibility index (Phi) is 71.5. The minimum absolute atomic E-state index is 0.106. The lowest BCUT2D eigenvalue weighted by atomic mass is 9.99. The van der Waals surface area contributed by atoms with E-state index < -0.39 is 97.5 Å². The summed E-state index contributed by atoms with van der Waals surface area (Å²) in [5.74, 6) is 1.06. The van der Waals surface area contributed by atoms with Crippen LogP contribution in [0.3, 0.4) is 0 Å². The molecule has 0 amide bonds. The Morgan fingerprint density at radius 3 is 0.689 bits per heavy atom. The molecule has 0 saturated carbocycles. The number of carbonyl (C=O) groups is 4. The third kappa shape index (κ3) is 75.3. The van der Waals surface area contributed by atoms with E-state index in [0.717, 1.165) is 120 Å². The monoisotopic (exact) mass is 1510 g/mol. The zero-order valence-corrected chi connectivity index (χ0v) is 69.7. The highest BCUT2D eigenvalue weighted by Gasteiger charge is 2.30. The number of hydrogen-bond donors (Lipinski definition) is 3. The Bertz CT molecular complexity index is 2010. The molecule has 0 radical (unpaired) electrons. The number of hydrogen-bond acceptors (Lipinski definition) is 15. The molecule has 3 N–H and O–H groups in total. The van der Waals surface area contributed by atoms with Gasteiger partial charge in [-0.2, -0.15) is 0 Å². The van der Waals surface area contributed by atoms with Crippen molar-refractivity contribution in [3.8, 4) is 0 Å². The van der Waals surface area contributed by atoms with Gasteiger partial charge in [0.1, 0.15) is 19.3 Å². The Hall–Kier alpha value is -1.94. The molecule has 612 valence electrons. The normalized spacial score (nSPS) is 14.5. The minimum atomic E-state index is -4.96. The Balaban J connectivity index is 5.22. The Morgan fingerprint density at radius 2 is 0.466 bits per heavy atom. The molecule has 0 heterocycles. The number of ether oxygens (including phenoxy) is 4. The summed E-state index contributed by atoms with van der Waals surface area (Å²) in [4.78, 5) is 73.1. The van der Waals surface area contributed by atoms with E-state index in [9.17, 15) is 43.2 Å². The molecule has 0 spiro atoms. The fourth-order valence-electron chi connectivity index (χ4n) is 12.9. The third-order valence-corrected chi connectivity index (χ3v) is 22.2. The number of unbranched alkanes of at least 4 members (excludes halogenated alkanes) is 45. The number of phosphoric ester groups is 2. The quantitative estimate of drug-likeness (QED) is 0.0222. The highest BCUT2D eigenvalue weighted by molar-refractivity contribution is 7.47. The molecule has 0 fully saturated rings. The van der Waals surface area contributed by atoms with Gasteiger partial charge in [-0.25, -0.2) is 9.13 Å². The van der Waals surface area contributed by atoms with Crippen LogP contribution in [-0.4, -0.2) is 96.7 Å². The number of carbonyl (C=O) groups excluding carboxylic acids is 4. The van der Waals surface area contributed by atoms with E-state index in [-0.39, 0.29) is 25.7 Å². The number of aliphatic hydroxyl groups is 1. The number of rotatable bonds is 81. The van der Waals surface area contributed by atoms with Crippen LogP contribution >= 0.6 is 15.6 Å². The van der Waals surface area contributed by atoms with Crippen molar-refractivity contribution in [1.29, 1.82) is 0 Å². The van der Waals surface area contributed by atoms with Crippen LogP contribution in [0.25, 0.3) is 0 Å². The lowest BCUT2D eigenvalue weighted by molar-refractivity contribution is -0.161. The first kappa shape index (κ1) is 101. The van der Waals surface area contributed by atoms with Gasteiger partial charge in [0, 0.05) is 25.7 Å². The lowest BCUT2D eigenvalue weighted by Crippen LogP contribution is -2.30. The van der Waals surface area contributed by atoms with Gasteiger partial charge in [0.05, 0.1) is 26.4 Å². The summed E-state index contributed by atoms with van der Waals surface area (Å²) in [5.41, 5.74) is 0. The van der Waals surface area contributed by atoms with Crippen molar-refractivity contribution in [2.75, 3.05) is 39.6 Å². The highest BCUT2D eigenvalue weighted by atomic mass is 31.2. The molecular formula is C84H164O17P2. The third-order valence-electron chi connectivity index (χ3n) is 20.3. The smallest absolute Gasteiger partial charge is 0.462 e. The predicted octanol–water partition coefficient (Wildman–Crippen LogP) is 25.2. The zero-order chi connectivity index (χ0) is 76.0. The van der Waals surface area contributed by atoms with Crippen LogP contribution < -0.4 is 0 Å². The van der Waals surface area contributed by atoms with Crippen molar-refractivity contribution in [1.82, 2.24) is 0 Å². The van der Waals surface area contributed by atoms with Crippen LogP contribution in [0.2, 0.25) is 0 Å². The average Bonchev–Trinajstić information content (AvgIpc) is 0.920. The van der Waals surface area contributed by atoms with Crippen LogP contribution in [-0.2, 0) is 65.4 Å². The van der Waals surface area contributed by atoms with Gasteiger partial charge in [0.15, 0.2) is 12.2 Å². The molecular weight excluding hydrogens is 1340 g/mol. The van der Waals surface area contributed by atoms with E-state index >= 15 is 0 Å². The number of phosphoric acid groups is 2. The molecule has 0 aliphatic rings. The van der Waals surface area contributed by atoms with Crippen molar-refractivity contribution < 1.29 is 80.2 Å². The molecule has 4 unspecified atom stereocenters. The first-order valence-electron chi connectivity index (χ1n) is 43.3. The van der Waals surface area contributed by atoms with Gasteiger partial charge in [0.2, 0.25) is 0 Å². The van der Waals surface area contributed by atoms with Crippen molar-refractivity contribution in [3.63, 3.8) is 0 Å². The van der Waals surface area contributed by atoms with Gasteiger partial charge in [-0.05, 0) is 49.4 Å². The first-order valence-corrected chi connectivity index (χ1v) is 46.3.